The number of carbonyl (C=O) groups is 2. The third kappa shape index (κ3) is 2.37. The predicted molar refractivity (Wildman–Crippen MR) is 81.3 cm³/mol. The number of hydrogen-bond donors (Lipinski definition) is 1. The second-order valence-corrected chi connectivity index (χ2v) is 5.24. The zero-order valence-electron chi connectivity index (χ0n) is 11.9. The van der Waals surface area contributed by atoms with Crippen molar-refractivity contribution in [1.82, 2.24) is 14.5 Å². The van der Waals surface area contributed by atoms with Crippen LogP contribution in [0.5, 0.6) is 5.75 Å². The summed E-state index contributed by atoms with van der Waals surface area (Å²) >= 11 is 5.99. The van der Waals surface area contributed by atoms with Crippen molar-refractivity contribution in [1.29, 1.82) is 0 Å². The molecule has 22 heavy (non-hydrogen) atoms. The fourth-order valence-electron chi connectivity index (χ4n) is 2.25. The molecule has 0 amide bonds. The van der Waals surface area contributed by atoms with Gasteiger partial charge in [0.05, 0.1) is 0 Å². The smallest absolute Gasteiger partial charge is 0.308 e. The fourth-order valence-corrected chi connectivity index (χ4v) is 2.42. The predicted octanol–water partition coefficient (Wildman–Crippen LogP) is 2.71. The molecule has 0 radical (unpaired) electrons. The van der Waals surface area contributed by atoms with E-state index in [2.05, 4.69) is 9.97 Å². The molecule has 1 N–H and O–H groups in total. The minimum atomic E-state index is -0.519. The van der Waals surface area contributed by atoms with E-state index < -0.39 is 5.97 Å². The van der Waals surface area contributed by atoms with E-state index in [1.165, 1.54) is 13.1 Å². The topological polar surface area (TPSA) is 77.0 Å². The summed E-state index contributed by atoms with van der Waals surface area (Å²) in [6.07, 6.45) is 3.19. The van der Waals surface area contributed by atoms with Crippen LogP contribution in [-0.4, -0.2) is 26.3 Å². The molecular weight excluding hydrogens is 306 g/mol. The van der Waals surface area contributed by atoms with Crippen LogP contribution in [0.25, 0.3) is 10.9 Å². The van der Waals surface area contributed by atoms with Crippen LogP contribution in [0.1, 0.15) is 23.2 Å². The van der Waals surface area contributed by atoms with Gasteiger partial charge in [-0.25, -0.2) is 4.98 Å². The van der Waals surface area contributed by atoms with Crippen molar-refractivity contribution in [2.45, 2.75) is 6.92 Å². The van der Waals surface area contributed by atoms with Crippen LogP contribution in [0.3, 0.4) is 0 Å². The normalized spacial score (nSPS) is 10.9. The first-order valence-corrected chi connectivity index (χ1v) is 6.87. The minimum absolute atomic E-state index is 0.165. The Balaban J connectivity index is 2.22. The number of nitrogens with zero attached hydrogens (tertiary/aromatic N) is 2. The second kappa shape index (κ2) is 5.31. The molecule has 0 aliphatic rings. The summed E-state index contributed by atoms with van der Waals surface area (Å²) in [6, 6.07) is 5.05. The van der Waals surface area contributed by atoms with Gasteiger partial charge in [-0.2, -0.15) is 0 Å². The van der Waals surface area contributed by atoms with Crippen LogP contribution in [0.4, 0.5) is 0 Å². The van der Waals surface area contributed by atoms with E-state index in [4.69, 9.17) is 16.3 Å². The Bertz CT molecular complexity index is 895. The number of imidazole rings is 1. The van der Waals surface area contributed by atoms with Gasteiger partial charge >= 0.3 is 5.97 Å². The minimum Gasteiger partial charge on any atom is -0.424 e. The molecule has 2 heterocycles. The molecule has 2 aromatic heterocycles. The van der Waals surface area contributed by atoms with Crippen molar-refractivity contribution in [2.75, 3.05) is 0 Å². The average Bonchev–Trinajstić information content (AvgIpc) is 3.02. The van der Waals surface area contributed by atoms with Crippen molar-refractivity contribution >= 4 is 34.3 Å². The number of hydrogen-bond acceptors (Lipinski definition) is 4. The summed E-state index contributed by atoms with van der Waals surface area (Å²) in [5.41, 5.74) is 0.819. The maximum Gasteiger partial charge on any atom is 0.308 e. The van der Waals surface area contributed by atoms with Crippen LogP contribution in [-0.2, 0) is 11.8 Å². The molecule has 6 nitrogen and oxygen atoms in total. The zero-order valence-corrected chi connectivity index (χ0v) is 12.6. The second-order valence-electron chi connectivity index (χ2n) is 4.80. The molecule has 0 saturated carbocycles. The van der Waals surface area contributed by atoms with Crippen molar-refractivity contribution in [3.8, 4) is 5.75 Å². The molecule has 1 aromatic carbocycles. The molecule has 7 heteroatoms. The molecule has 0 aliphatic carbocycles. The lowest BCUT2D eigenvalue weighted by atomic mass is 10.2. The van der Waals surface area contributed by atoms with Crippen molar-refractivity contribution in [3.63, 3.8) is 0 Å². The standard InChI is InChI=1S/C15H12ClN3O3/c1-8(20)22-14-10-7-9(16)3-4-11(10)18-12(14)13(21)15-17-5-6-19(15)2/h3-7,18H,1-2H3. The number of aryl methyl sites for hydroxylation is 1. The van der Waals surface area contributed by atoms with Gasteiger partial charge in [0.2, 0.25) is 5.78 Å². The number of fused-ring (bicyclic) bond motifs is 1. The lowest BCUT2D eigenvalue weighted by Crippen LogP contribution is -2.12. The number of carbonyl (C=O) groups excluding carboxylic acids is 2. The molecule has 0 unspecified atom stereocenters. The summed E-state index contributed by atoms with van der Waals surface area (Å²) in [4.78, 5) is 31.0. The van der Waals surface area contributed by atoms with Crippen molar-refractivity contribution in [3.05, 3.63) is 47.1 Å². The van der Waals surface area contributed by atoms with Gasteiger partial charge in [-0.15, -0.1) is 0 Å². The van der Waals surface area contributed by atoms with Crippen LogP contribution in [0.15, 0.2) is 30.6 Å². The Morgan fingerprint density at radius 2 is 2.14 bits per heavy atom. The SMILES string of the molecule is CC(=O)Oc1c(C(=O)c2nccn2C)[nH]c2ccc(Cl)cc12. The number of rotatable bonds is 3. The highest BCUT2D eigenvalue weighted by atomic mass is 35.5. The van der Waals surface area contributed by atoms with Crippen LogP contribution < -0.4 is 4.74 Å². The van der Waals surface area contributed by atoms with Gasteiger partial charge in [0.1, 0.15) is 5.69 Å². The van der Waals surface area contributed by atoms with Gasteiger partial charge in [0, 0.05) is 42.3 Å². The molecule has 0 aliphatic heterocycles. The van der Waals surface area contributed by atoms with Gasteiger partial charge in [0.25, 0.3) is 0 Å². The summed E-state index contributed by atoms with van der Waals surface area (Å²) in [6.45, 7) is 1.28. The van der Waals surface area contributed by atoms with Crippen molar-refractivity contribution < 1.29 is 14.3 Å². The first kappa shape index (κ1) is 14.3. The van der Waals surface area contributed by atoms with Gasteiger partial charge in [0.15, 0.2) is 11.6 Å². The van der Waals surface area contributed by atoms with E-state index in [0.29, 0.717) is 15.9 Å². The number of ketones is 1. The van der Waals surface area contributed by atoms with Gasteiger partial charge in [-0.3, -0.25) is 9.59 Å². The third-order valence-electron chi connectivity index (χ3n) is 3.21. The molecule has 112 valence electrons. The number of aromatic amines is 1. The number of halogens is 1. The van der Waals surface area contributed by atoms with E-state index in [1.54, 1.807) is 36.0 Å². The lowest BCUT2D eigenvalue weighted by molar-refractivity contribution is -0.131. The van der Waals surface area contributed by atoms with E-state index in [0.717, 1.165) is 0 Å². The molecule has 0 bridgehead atoms. The average molecular weight is 318 g/mol. The Morgan fingerprint density at radius 3 is 2.77 bits per heavy atom. The van der Waals surface area contributed by atoms with E-state index >= 15 is 0 Å². The highest BCUT2D eigenvalue weighted by molar-refractivity contribution is 6.31. The number of nitrogens with one attached hydrogen (secondary N) is 1. The summed E-state index contributed by atoms with van der Waals surface area (Å²) in [7, 11) is 1.71. The highest BCUT2D eigenvalue weighted by Gasteiger charge is 2.24. The highest BCUT2D eigenvalue weighted by Crippen LogP contribution is 2.33. The van der Waals surface area contributed by atoms with E-state index in [-0.39, 0.29) is 23.1 Å². The first-order valence-electron chi connectivity index (χ1n) is 6.49. The van der Waals surface area contributed by atoms with E-state index in [1.807, 2.05) is 0 Å². The van der Waals surface area contributed by atoms with Gasteiger partial charge < -0.3 is 14.3 Å². The zero-order chi connectivity index (χ0) is 15.9. The van der Waals surface area contributed by atoms with E-state index in [9.17, 15) is 9.59 Å². The number of aromatic nitrogens is 3. The molecule has 0 spiro atoms. The molecule has 3 rings (SSSR count). The molecule has 0 fully saturated rings. The van der Waals surface area contributed by atoms with Gasteiger partial charge in [-0.05, 0) is 18.2 Å². The molecule has 3 aromatic rings. The third-order valence-corrected chi connectivity index (χ3v) is 3.45. The Labute approximate surface area is 130 Å². The number of benzene rings is 1. The Hall–Kier alpha value is -2.60. The number of esters is 1. The maximum atomic E-state index is 12.6. The monoisotopic (exact) mass is 317 g/mol. The Morgan fingerprint density at radius 1 is 1.36 bits per heavy atom. The summed E-state index contributed by atoms with van der Waals surface area (Å²) in [5, 5.41) is 1.05. The first-order chi connectivity index (χ1) is 10.5. The lowest BCUT2D eigenvalue weighted by Gasteiger charge is -2.04. The fraction of sp³-hybridized carbons (Fsp3) is 0.133. The summed E-state index contributed by atoms with van der Waals surface area (Å²) in [5.74, 6) is -0.477. The molecule has 0 saturated heterocycles. The molecular formula is C15H12ClN3O3. The van der Waals surface area contributed by atoms with Crippen LogP contribution in [0.2, 0.25) is 5.02 Å². The maximum absolute atomic E-state index is 12.6. The number of ether oxygens (including phenoxy) is 1. The van der Waals surface area contributed by atoms with Gasteiger partial charge in [-0.1, -0.05) is 11.6 Å². The quantitative estimate of drug-likeness (QED) is 0.595. The largest absolute Gasteiger partial charge is 0.424 e. The van der Waals surface area contributed by atoms with Crippen LogP contribution >= 0.6 is 11.6 Å². The Kier molecular flexibility index (Phi) is 3.46. The van der Waals surface area contributed by atoms with Crippen molar-refractivity contribution in [2.24, 2.45) is 7.05 Å². The molecule has 0 atom stereocenters. The van der Waals surface area contributed by atoms with Crippen LogP contribution in [0, 0.1) is 0 Å². The summed E-state index contributed by atoms with van der Waals surface area (Å²) < 4.78 is 6.82. The number of H-pyrrole nitrogens is 1.